The van der Waals surface area contributed by atoms with E-state index < -0.39 is 0 Å². The van der Waals surface area contributed by atoms with Crippen LogP contribution in [0.4, 0.5) is 0 Å². The number of benzene rings is 1. The van der Waals surface area contributed by atoms with Gasteiger partial charge in [-0.1, -0.05) is 50.6 Å². The lowest BCUT2D eigenvalue weighted by atomic mass is 10.1. The Morgan fingerprint density at radius 2 is 1.83 bits per heavy atom. The molecule has 0 amide bonds. The van der Waals surface area contributed by atoms with Gasteiger partial charge in [0.15, 0.2) is 0 Å². The van der Waals surface area contributed by atoms with Gasteiger partial charge in [0.1, 0.15) is 0 Å². The Morgan fingerprint density at radius 3 is 2.25 bits per heavy atom. The van der Waals surface area contributed by atoms with Crippen LogP contribution in [-0.2, 0) is 6.42 Å². The fraction of sp³-hybridized carbons (Fsp3) is 0.455. The average molecular weight is 185 g/mol. The second-order valence-electron chi connectivity index (χ2n) is 2.40. The molecule has 0 saturated carbocycles. The number of aryl methyl sites for hydroxylation is 2. The van der Waals surface area contributed by atoms with Crippen molar-refractivity contribution in [3.05, 3.63) is 34.3 Å². The van der Waals surface area contributed by atoms with Crippen LogP contribution in [0.5, 0.6) is 0 Å². The number of hydrogen-bond acceptors (Lipinski definition) is 0. The molecule has 0 radical (unpaired) electrons. The summed E-state index contributed by atoms with van der Waals surface area (Å²) in [5.41, 5.74) is 2.41. The molecule has 0 aromatic heterocycles. The van der Waals surface area contributed by atoms with E-state index >= 15 is 0 Å². The summed E-state index contributed by atoms with van der Waals surface area (Å²) in [5.74, 6) is 0. The van der Waals surface area contributed by atoms with E-state index in [0.717, 1.165) is 11.4 Å². The second-order valence-corrected chi connectivity index (χ2v) is 2.78. The highest BCUT2D eigenvalue weighted by atomic mass is 35.5. The van der Waals surface area contributed by atoms with Crippen molar-refractivity contribution in [3.63, 3.8) is 0 Å². The summed E-state index contributed by atoms with van der Waals surface area (Å²) in [6.45, 7) is 8.14. The van der Waals surface area contributed by atoms with Crippen LogP contribution in [0.15, 0.2) is 18.2 Å². The maximum Gasteiger partial charge on any atom is 0.0467 e. The molecule has 68 valence electrons. The van der Waals surface area contributed by atoms with Crippen molar-refractivity contribution in [3.8, 4) is 0 Å². The van der Waals surface area contributed by atoms with E-state index in [2.05, 4.69) is 13.0 Å². The van der Waals surface area contributed by atoms with Gasteiger partial charge in [0.25, 0.3) is 0 Å². The summed E-state index contributed by atoms with van der Waals surface area (Å²) in [4.78, 5) is 0. The molecule has 0 aliphatic rings. The van der Waals surface area contributed by atoms with Gasteiger partial charge in [0, 0.05) is 5.02 Å². The average Bonchev–Trinajstić information content (AvgIpc) is 2.13. The first kappa shape index (κ1) is 11.5. The molecule has 0 aliphatic carbocycles. The van der Waals surface area contributed by atoms with E-state index in [1.54, 1.807) is 0 Å². The van der Waals surface area contributed by atoms with Gasteiger partial charge in [-0.3, -0.25) is 0 Å². The lowest BCUT2D eigenvalue weighted by Crippen LogP contribution is -1.83. The van der Waals surface area contributed by atoms with Gasteiger partial charge < -0.3 is 0 Å². The second kappa shape index (κ2) is 6.07. The van der Waals surface area contributed by atoms with Gasteiger partial charge in [0.2, 0.25) is 0 Å². The molecule has 0 fully saturated rings. The highest BCUT2D eigenvalue weighted by molar-refractivity contribution is 6.32. The SMILES string of the molecule is CC.CCc1cccc(C)c1Cl. The van der Waals surface area contributed by atoms with E-state index in [4.69, 9.17) is 11.6 Å². The minimum Gasteiger partial charge on any atom is -0.0838 e. The van der Waals surface area contributed by atoms with Crippen molar-refractivity contribution in [2.24, 2.45) is 0 Å². The molecule has 0 bridgehead atoms. The Kier molecular flexibility index (Phi) is 5.83. The fourth-order valence-electron chi connectivity index (χ4n) is 0.981. The van der Waals surface area contributed by atoms with Crippen molar-refractivity contribution in [2.75, 3.05) is 0 Å². The third-order valence-corrected chi connectivity index (χ3v) is 2.19. The van der Waals surface area contributed by atoms with Gasteiger partial charge in [-0.05, 0) is 24.5 Å². The Morgan fingerprint density at radius 1 is 1.25 bits per heavy atom. The lowest BCUT2D eigenvalue weighted by Gasteiger charge is -2.01. The van der Waals surface area contributed by atoms with Crippen LogP contribution < -0.4 is 0 Å². The molecule has 1 heteroatoms. The summed E-state index contributed by atoms with van der Waals surface area (Å²) in [6.07, 6.45) is 1.01. The molecule has 0 spiro atoms. The van der Waals surface area contributed by atoms with Gasteiger partial charge in [0.05, 0.1) is 0 Å². The Balaban J connectivity index is 0.000000561. The molecule has 12 heavy (non-hydrogen) atoms. The van der Waals surface area contributed by atoms with Crippen molar-refractivity contribution < 1.29 is 0 Å². The van der Waals surface area contributed by atoms with E-state index in [-0.39, 0.29) is 0 Å². The highest BCUT2D eigenvalue weighted by Crippen LogP contribution is 2.19. The Hall–Kier alpha value is -0.490. The van der Waals surface area contributed by atoms with Crippen LogP contribution >= 0.6 is 11.6 Å². The molecule has 0 heterocycles. The van der Waals surface area contributed by atoms with E-state index in [1.807, 2.05) is 32.9 Å². The molecule has 0 nitrogen and oxygen atoms in total. The van der Waals surface area contributed by atoms with Crippen LogP contribution in [0.25, 0.3) is 0 Å². The summed E-state index contributed by atoms with van der Waals surface area (Å²) in [5, 5.41) is 0.921. The molecule has 1 aromatic rings. The van der Waals surface area contributed by atoms with Gasteiger partial charge in [-0.2, -0.15) is 0 Å². The van der Waals surface area contributed by atoms with Crippen molar-refractivity contribution >= 4 is 11.6 Å². The predicted molar refractivity (Wildman–Crippen MR) is 56.9 cm³/mol. The zero-order valence-electron chi connectivity index (χ0n) is 8.32. The summed E-state index contributed by atoms with van der Waals surface area (Å²) in [6, 6.07) is 6.14. The molecular formula is C11H17Cl. The van der Waals surface area contributed by atoms with Gasteiger partial charge >= 0.3 is 0 Å². The number of halogens is 1. The quantitative estimate of drug-likeness (QED) is 0.613. The molecule has 1 aromatic carbocycles. The van der Waals surface area contributed by atoms with Crippen LogP contribution in [0.3, 0.4) is 0 Å². The van der Waals surface area contributed by atoms with E-state index in [1.165, 1.54) is 11.1 Å². The third-order valence-electron chi connectivity index (χ3n) is 1.65. The van der Waals surface area contributed by atoms with Crippen molar-refractivity contribution in [2.45, 2.75) is 34.1 Å². The summed E-state index contributed by atoms with van der Waals surface area (Å²) >= 11 is 5.99. The highest BCUT2D eigenvalue weighted by Gasteiger charge is 1.98. The zero-order chi connectivity index (χ0) is 9.56. The standard InChI is InChI=1S/C9H11Cl.C2H6/c1-3-8-6-4-5-7(2)9(8)10;1-2/h4-6H,3H2,1-2H3;1-2H3. The van der Waals surface area contributed by atoms with Gasteiger partial charge in [-0.25, -0.2) is 0 Å². The van der Waals surface area contributed by atoms with E-state index in [9.17, 15) is 0 Å². The van der Waals surface area contributed by atoms with Crippen LogP contribution in [0, 0.1) is 6.92 Å². The van der Waals surface area contributed by atoms with Crippen LogP contribution in [-0.4, -0.2) is 0 Å². The smallest absolute Gasteiger partial charge is 0.0467 e. The van der Waals surface area contributed by atoms with Crippen molar-refractivity contribution in [1.29, 1.82) is 0 Å². The first-order valence-corrected chi connectivity index (χ1v) is 4.87. The normalized spacial score (nSPS) is 8.75. The largest absolute Gasteiger partial charge is 0.0838 e. The first-order chi connectivity index (χ1) is 5.75. The van der Waals surface area contributed by atoms with Crippen LogP contribution in [0.2, 0.25) is 5.02 Å². The van der Waals surface area contributed by atoms with Gasteiger partial charge in [-0.15, -0.1) is 0 Å². The topological polar surface area (TPSA) is 0 Å². The number of hydrogen-bond donors (Lipinski definition) is 0. The molecule has 1 rings (SSSR count). The minimum absolute atomic E-state index is 0.921. The molecular weight excluding hydrogens is 168 g/mol. The molecule has 0 N–H and O–H groups in total. The third kappa shape index (κ3) is 2.86. The molecule has 0 atom stereocenters. The fourth-order valence-corrected chi connectivity index (χ4v) is 1.24. The maximum absolute atomic E-state index is 5.99. The summed E-state index contributed by atoms with van der Waals surface area (Å²) < 4.78 is 0. The molecule has 0 saturated heterocycles. The zero-order valence-corrected chi connectivity index (χ0v) is 9.07. The predicted octanol–water partition coefficient (Wildman–Crippen LogP) is 4.24. The maximum atomic E-state index is 5.99. The summed E-state index contributed by atoms with van der Waals surface area (Å²) in [7, 11) is 0. The lowest BCUT2D eigenvalue weighted by molar-refractivity contribution is 1.13. The van der Waals surface area contributed by atoms with E-state index in [0.29, 0.717) is 0 Å². The Labute approximate surface area is 80.6 Å². The first-order valence-electron chi connectivity index (χ1n) is 4.49. The monoisotopic (exact) mass is 184 g/mol. The van der Waals surface area contributed by atoms with Crippen LogP contribution in [0.1, 0.15) is 31.9 Å². The number of rotatable bonds is 1. The van der Waals surface area contributed by atoms with Crippen molar-refractivity contribution in [1.82, 2.24) is 0 Å². The Bertz CT molecular complexity index is 228. The molecule has 0 unspecified atom stereocenters. The minimum atomic E-state index is 0.921. The molecule has 0 aliphatic heterocycles.